The van der Waals surface area contributed by atoms with Crippen molar-refractivity contribution in [3.8, 4) is 0 Å². The Labute approximate surface area is 120 Å². The van der Waals surface area contributed by atoms with E-state index in [1.807, 2.05) is 0 Å². The minimum atomic E-state index is 0.324. The molecule has 0 saturated carbocycles. The summed E-state index contributed by atoms with van der Waals surface area (Å²) in [5, 5.41) is 3.39. The minimum absolute atomic E-state index is 0.324. The molecule has 2 atom stereocenters. The van der Waals surface area contributed by atoms with E-state index in [0.717, 1.165) is 19.8 Å². The Morgan fingerprint density at radius 3 is 2.68 bits per heavy atom. The van der Waals surface area contributed by atoms with Crippen molar-refractivity contribution < 1.29 is 4.74 Å². The van der Waals surface area contributed by atoms with Crippen molar-refractivity contribution in [2.75, 3.05) is 39.9 Å². The van der Waals surface area contributed by atoms with Gasteiger partial charge in [0.15, 0.2) is 0 Å². The van der Waals surface area contributed by atoms with Gasteiger partial charge in [0.1, 0.15) is 0 Å². The number of nitrogens with zero attached hydrogens (tertiary/aromatic N) is 1. The predicted octanol–water partition coefficient (Wildman–Crippen LogP) is 2.90. The van der Waals surface area contributed by atoms with Gasteiger partial charge < -0.3 is 10.1 Å². The first-order valence-electron chi connectivity index (χ1n) is 8.14. The van der Waals surface area contributed by atoms with Gasteiger partial charge in [0, 0.05) is 31.2 Å². The third kappa shape index (κ3) is 5.41. The molecule has 0 bridgehead atoms. The quantitative estimate of drug-likeness (QED) is 0.697. The van der Waals surface area contributed by atoms with Gasteiger partial charge in [-0.1, -0.05) is 20.3 Å². The van der Waals surface area contributed by atoms with Crippen LogP contribution in [0.1, 0.15) is 52.9 Å². The molecule has 0 aromatic rings. The van der Waals surface area contributed by atoms with Crippen molar-refractivity contribution in [1.29, 1.82) is 0 Å². The summed E-state index contributed by atoms with van der Waals surface area (Å²) in [6.45, 7) is 12.3. The van der Waals surface area contributed by atoms with E-state index in [9.17, 15) is 0 Å². The first-order valence-corrected chi connectivity index (χ1v) is 8.14. The number of unbranched alkanes of at least 4 members (excludes halogenated alkanes) is 1. The van der Waals surface area contributed by atoms with Crippen LogP contribution in [0.4, 0.5) is 0 Å². The van der Waals surface area contributed by atoms with Crippen LogP contribution in [0.25, 0.3) is 0 Å². The summed E-state index contributed by atoms with van der Waals surface area (Å²) in [5.74, 6) is 0. The fourth-order valence-corrected chi connectivity index (χ4v) is 3.11. The van der Waals surface area contributed by atoms with Gasteiger partial charge in [-0.15, -0.1) is 0 Å². The molecule has 1 rings (SSSR count). The van der Waals surface area contributed by atoms with Crippen molar-refractivity contribution >= 4 is 0 Å². The van der Waals surface area contributed by atoms with Crippen molar-refractivity contribution in [3.05, 3.63) is 0 Å². The molecule has 3 nitrogen and oxygen atoms in total. The van der Waals surface area contributed by atoms with Crippen LogP contribution in [0.15, 0.2) is 0 Å². The molecule has 1 N–H and O–H groups in total. The Kier molecular flexibility index (Phi) is 7.96. The molecule has 1 heterocycles. The number of ether oxygens (including phenoxy) is 1. The van der Waals surface area contributed by atoms with E-state index in [2.05, 4.69) is 38.0 Å². The summed E-state index contributed by atoms with van der Waals surface area (Å²) < 4.78 is 5.79. The predicted molar refractivity (Wildman–Crippen MR) is 82.6 cm³/mol. The molecule has 0 aromatic heterocycles. The molecular formula is C16H34N2O. The third-order valence-corrected chi connectivity index (χ3v) is 4.51. The zero-order valence-electron chi connectivity index (χ0n) is 13.5. The standard InChI is InChI=1S/C16H34N2O/c1-5-7-10-18(15(3)6-2)13-16(12-17-4)9-8-11-19-14-16/h15,17H,5-14H2,1-4H3. The van der Waals surface area contributed by atoms with Crippen molar-refractivity contribution in [2.24, 2.45) is 5.41 Å². The SMILES string of the molecule is CCCCN(CC1(CNC)CCCOC1)C(C)CC. The largest absolute Gasteiger partial charge is 0.381 e. The molecule has 3 heteroatoms. The van der Waals surface area contributed by atoms with Crippen LogP contribution in [-0.2, 0) is 4.74 Å². The minimum Gasteiger partial charge on any atom is -0.381 e. The van der Waals surface area contributed by atoms with E-state index in [1.165, 1.54) is 45.2 Å². The maximum Gasteiger partial charge on any atom is 0.0546 e. The summed E-state index contributed by atoms with van der Waals surface area (Å²) in [7, 11) is 2.07. The van der Waals surface area contributed by atoms with Gasteiger partial charge in [0.25, 0.3) is 0 Å². The molecule has 1 saturated heterocycles. The van der Waals surface area contributed by atoms with Crippen molar-refractivity contribution in [1.82, 2.24) is 10.2 Å². The molecular weight excluding hydrogens is 236 g/mol. The summed E-state index contributed by atoms with van der Waals surface area (Å²) in [6.07, 6.45) is 6.33. The molecule has 0 amide bonds. The Hall–Kier alpha value is -0.120. The second-order valence-corrected chi connectivity index (χ2v) is 6.27. The van der Waals surface area contributed by atoms with E-state index < -0.39 is 0 Å². The molecule has 0 radical (unpaired) electrons. The molecule has 0 aliphatic carbocycles. The van der Waals surface area contributed by atoms with Gasteiger partial charge in [-0.3, -0.25) is 4.90 Å². The van der Waals surface area contributed by atoms with Gasteiger partial charge in [0.2, 0.25) is 0 Å². The highest BCUT2D eigenvalue weighted by Gasteiger charge is 2.35. The Bertz CT molecular complexity index is 221. The monoisotopic (exact) mass is 270 g/mol. The number of nitrogens with one attached hydrogen (secondary N) is 1. The third-order valence-electron chi connectivity index (χ3n) is 4.51. The van der Waals surface area contributed by atoms with Crippen molar-refractivity contribution in [3.63, 3.8) is 0 Å². The lowest BCUT2D eigenvalue weighted by Gasteiger charge is -2.42. The van der Waals surface area contributed by atoms with Gasteiger partial charge in [-0.2, -0.15) is 0 Å². The molecule has 1 aliphatic rings. The van der Waals surface area contributed by atoms with Crippen LogP contribution in [0.5, 0.6) is 0 Å². The smallest absolute Gasteiger partial charge is 0.0546 e. The van der Waals surface area contributed by atoms with Crippen LogP contribution >= 0.6 is 0 Å². The highest BCUT2D eigenvalue weighted by atomic mass is 16.5. The lowest BCUT2D eigenvalue weighted by atomic mass is 9.81. The fourth-order valence-electron chi connectivity index (χ4n) is 3.11. The maximum absolute atomic E-state index is 5.79. The molecule has 0 spiro atoms. The van der Waals surface area contributed by atoms with E-state index in [-0.39, 0.29) is 0 Å². The van der Waals surface area contributed by atoms with Gasteiger partial charge >= 0.3 is 0 Å². The highest BCUT2D eigenvalue weighted by molar-refractivity contribution is 4.88. The number of hydrogen-bond acceptors (Lipinski definition) is 3. The summed E-state index contributed by atoms with van der Waals surface area (Å²) in [5.41, 5.74) is 0.324. The summed E-state index contributed by atoms with van der Waals surface area (Å²) in [6, 6.07) is 0.683. The van der Waals surface area contributed by atoms with Gasteiger partial charge in [-0.05, 0) is 46.2 Å². The lowest BCUT2D eigenvalue weighted by molar-refractivity contribution is -0.0315. The molecule has 19 heavy (non-hydrogen) atoms. The second-order valence-electron chi connectivity index (χ2n) is 6.27. The van der Waals surface area contributed by atoms with E-state index in [1.54, 1.807) is 0 Å². The maximum atomic E-state index is 5.79. The molecule has 114 valence electrons. The zero-order chi connectivity index (χ0) is 14.1. The van der Waals surface area contributed by atoms with E-state index in [4.69, 9.17) is 4.74 Å². The molecule has 1 fully saturated rings. The average molecular weight is 270 g/mol. The van der Waals surface area contributed by atoms with E-state index >= 15 is 0 Å². The fraction of sp³-hybridized carbons (Fsp3) is 1.00. The van der Waals surface area contributed by atoms with Crippen LogP contribution in [-0.4, -0.2) is 50.8 Å². The molecule has 1 aliphatic heterocycles. The first kappa shape index (κ1) is 16.9. The second kappa shape index (κ2) is 8.93. The zero-order valence-corrected chi connectivity index (χ0v) is 13.5. The average Bonchev–Trinajstić information content (AvgIpc) is 2.44. The Morgan fingerprint density at radius 1 is 1.37 bits per heavy atom. The van der Waals surface area contributed by atoms with Crippen LogP contribution in [0.2, 0.25) is 0 Å². The lowest BCUT2D eigenvalue weighted by Crippen LogP contribution is -2.50. The van der Waals surface area contributed by atoms with E-state index in [0.29, 0.717) is 11.5 Å². The first-order chi connectivity index (χ1) is 9.17. The van der Waals surface area contributed by atoms with Gasteiger partial charge in [0.05, 0.1) is 6.61 Å². The van der Waals surface area contributed by atoms with Crippen LogP contribution in [0, 0.1) is 5.41 Å². The highest BCUT2D eigenvalue weighted by Crippen LogP contribution is 2.30. The summed E-state index contributed by atoms with van der Waals surface area (Å²) >= 11 is 0. The van der Waals surface area contributed by atoms with Crippen LogP contribution < -0.4 is 5.32 Å². The summed E-state index contributed by atoms with van der Waals surface area (Å²) in [4.78, 5) is 2.69. The topological polar surface area (TPSA) is 24.5 Å². The Morgan fingerprint density at radius 2 is 2.16 bits per heavy atom. The number of rotatable bonds is 9. The Balaban J connectivity index is 2.65. The van der Waals surface area contributed by atoms with Gasteiger partial charge in [-0.25, -0.2) is 0 Å². The molecule has 2 unspecified atom stereocenters. The van der Waals surface area contributed by atoms with Crippen LogP contribution in [0.3, 0.4) is 0 Å². The molecule has 0 aromatic carbocycles. The van der Waals surface area contributed by atoms with Crippen molar-refractivity contribution in [2.45, 2.75) is 58.9 Å². The number of hydrogen-bond donors (Lipinski definition) is 1. The normalized spacial score (nSPS) is 25.7.